The number of piperidine rings is 1. The molecule has 5 rings (SSSR count). The number of hydrogen-bond acceptors (Lipinski definition) is 5. The molecule has 1 aliphatic heterocycles. The highest BCUT2D eigenvalue weighted by Gasteiger charge is 2.28. The summed E-state index contributed by atoms with van der Waals surface area (Å²) in [6, 6.07) is 25.4. The van der Waals surface area contributed by atoms with Crippen LogP contribution in [0.2, 0.25) is 0 Å². The minimum atomic E-state index is -0.219. The number of nitrogens with one attached hydrogen (secondary N) is 1. The summed E-state index contributed by atoms with van der Waals surface area (Å²) in [5.41, 5.74) is 3.45. The molecule has 1 amide bonds. The molecular weight excluding hydrogens is 464 g/mol. The zero-order valence-corrected chi connectivity index (χ0v) is 21.1. The number of rotatable bonds is 8. The maximum Gasteiger partial charge on any atom is 0.294 e. The molecule has 1 aromatic heterocycles. The average Bonchev–Trinajstić information content (AvgIpc) is 2.94. The topological polar surface area (TPSA) is 76.5 Å². The molecule has 0 bridgehead atoms. The summed E-state index contributed by atoms with van der Waals surface area (Å²) in [7, 11) is 0. The van der Waals surface area contributed by atoms with Crippen LogP contribution in [0.25, 0.3) is 11.0 Å². The summed E-state index contributed by atoms with van der Waals surface area (Å²) in [4.78, 5) is 33.6. The highest BCUT2D eigenvalue weighted by molar-refractivity contribution is 5.80. The predicted molar refractivity (Wildman–Crippen MR) is 146 cm³/mol. The van der Waals surface area contributed by atoms with Gasteiger partial charge in [0.15, 0.2) is 5.82 Å². The van der Waals surface area contributed by atoms with E-state index in [0.29, 0.717) is 38.6 Å². The molecule has 0 radical (unpaired) electrons. The van der Waals surface area contributed by atoms with Crippen LogP contribution in [-0.2, 0) is 17.9 Å². The highest BCUT2D eigenvalue weighted by Crippen LogP contribution is 2.23. The standard InChI is InChI=1S/C30H32N4O3/c1-2-37-27-17-9-6-13-23(27)19-31-29(35)24-14-10-18-33(21-24)28-30(36)34(20-22-11-4-3-5-12-22)26-16-8-7-15-25(26)32-28/h3-9,11-13,15-17,24H,2,10,14,18-21H2,1H3,(H,31,35). The van der Waals surface area contributed by atoms with Gasteiger partial charge in [-0.15, -0.1) is 0 Å². The van der Waals surface area contributed by atoms with Gasteiger partial charge in [0, 0.05) is 25.2 Å². The Kier molecular flexibility index (Phi) is 7.49. The van der Waals surface area contributed by atoms with E-state index in [9.17, 15) is 9.59 Å². The molecule has 7 heteroatoms. The molecule has 1 unspecified atom stereocenters. The van der Waals surface area contributed by atoms with Crippen molar-refractivity contribution in [2.24, 2.45) is 5.92 Å². The van der Waals surface area contributed by atoms with E-state index in [0.717, 1.165) is 40.8 Å². The number of aromatic nitrogens is 2. The Bertz CT molecular complexity index is 1430. The normalized spacial score (nSPS) is 15.5. The Hall–Kier alpha value is -4.13. The second-order valence-electron chi connectivity index (χ2n) is 9.34. The number of hydrogen-bond donors (Lipinski definition) is 1. The van der Waals surface area contributed by atoms with Crippen molar-refractivity contribution in [2.45, 2.75) is 32.9 Å². The van der Waals surface area contributed by atoms with E-state index in [1.165, 1.54) is 0 Å². The lowest BCUT2D eigenvalue weighted by Gasteiger charge is -2.33. The van der Waals surface area contributed by atoms with Gasteiger partial charge >= 0.3 is 0 Å². The molecular formula is C30H32N4O3. The molecule has 1 atom stereocenters. The highest BCUT2D eigenvalue weighted by atomic mass is 16.5. The molecule has 1 saturated heterocycles. The van der Waals surface area contributed by atoms with Crippen molar-refractivity contribution in [1.29, 1.82) is 0 Å². The van der Waals surface area contributed by atoms with Crippen LogP contribution in [0.1, 0.15) is 30.9 Å². The third-order valence-corrected chi connectivity index (χ3v) is 6.84. The second kappa shape index (κ2) is 11.3. The summed E-state index contributed by atoms with van der Waals surface area (Å²) in [6.45, 7) is 4.55. The lowest BCUT2D eigenvalue weighted by molar-refractivity contribution is -0.125. The van der Waals surface area contributed by atoms with Crippen molar-refractivity contribution in [3.05, 3.63) is 100 Å². The fourth-order valence-electron chi connectivity index (χ4n) is 4.96. The number of ether oxygens (including phenoxy) is 1. The van der Waals surface area contributed by atoms with Crippen LogP contribution in [0.5, 0.6) is 5.75 Å². The van der Waals surface area contributed by atoms with Gasteiger partial charge in [0.1, 0.15) is 5.75 Å². The quantitative estimate of drug-likeness (QED) is 0.392. The van der Waals surface area contributed by atoms with Crippen molar-refractivity contribution in [1.82, 2.24) is 14.9 Å². The Morgan fingerprint density at radius 1 is 1.03 bits per heavy atom. The van der Waals surface area contributed by atoms with E-state index in [2.05, 4.69) is 5.32 Å². The smallest absolute Gasteiger partial charge is 0.294 e. The predicted octanol–water partition coefficient (Wildman–Crippen LogP) is 4.38. The summed E-state index contributed by atoms with van der Waals surface area (Å²) in [5.74, 6) is 0.966. The number of carbonyl (C=O) groups excluding carboxylic acids is 1. The first-order valence-electron chi connectivity index (χ1n) is 12.9. The summed E-state index contributed by atoms with van der Waals surface area (Å²) in [6.07, 6.45) is 1.60. The summed E-state index contributed by atoms with van der Waals surface area (Å²) >= 11 is 0. The van der Waals surface area contributed by atoms with E-state index in [-0.39, 0.29) is 17.4 Å². The molecule has 1 aliphatic rings. The molecule has 37 heavy (non-hydrogen) atoms. The Balaban J connectivity index is 1.36. The van der Waals surface area contributed by atoms with Crippen molar-refractivity contribution in [3.8, 4) is 5.75 Å². The van der Waals surface area contributed by atoms with Crippen molar-refractivity contribution >= 4 is 22.8 Å². The van der Waals surface area contributed by atoms with E-state index in [1.54, 1.807) is 4.57 Å². The van der Waals surface area contributed by atoms with Gasteiger partial charge in [-0.05, 0) is 43.5 Å². The van der Waals surface area contributed by atoms with E-state index in [1.807, 2.05) is 90.7 Å². The number of para-hydroxylation sites is 3. The van der Waals surface area contributed by atoms with Gasteiger partial charge in [-0.3, -0.25) is 14.2 Å². The Morgan fingerprint density at radius 3 is 2.62 bits per heavy atom. The van der Waals surface area contributed by atoms with Gasteiger partial charge in [0.2, 0.25) is 5.91 Å². The molecule has 0 spiro atoms. The van der Waals surface area contributed by atoms with Gasteiger partial charge in [0.05, 0.1) is 30.1 Å². The van der Waals surface area contributed by atoms with Crippen molar-refractivity contribution in [2.75, 3.05) is 24.6 Å². The first kappa shape index (κ1) is 24.6. The number of carbonyl (C=O) groups is 1. The largest absolute Gasteiger partial charge is 0.494 e. The minimum absolute atomic E-state index is 0.0126. The molecule has 1 fully saturated rings. The first-order chi connectivity index (χ1) is 18.1. The van der Waals surface area contributed by atoms with Crippen molar-refractivity contribution < 1.29 is 9.53 Å². The first-order valence-corrected chi connectivity index (χ1v) is 12.9. The Labute approximate surface area is 216 Å². The van der Waals surface area contributed by atoms with Gasteiger partial charge in [-0.2, -0.15) is 0 Å². The molecule has 3 aromatic carbocycles. The van der Waals surface area contributed by atoms with Crippen LogP contribution in [0, 0.1) is 5.92 Å². The Morgan fingerprint density at radius 2 is 1.78 bits per heavy atom. The molecule has 4 aromatic rings. The minimum Gasteiger partial charge on any atom is -0.494 e. The number of fused-ring (bicyclic) bond motifs is 1. The molecule has 0 saturated carbocycles. The second-order valence-corrected chi connectivity index (χ2v) is 9.34. The third-order valence-electron chi connectivity index (χ3n) is 6.84. The molecule has 1 N–H and O–H groups in total. The van der Waals surface area contributed by atoms with Crippen LogP contribution in [0.3, 0.4) is 0 Å². The van der Waals surface area contributed by atoms with Gasteiger partial charge in [0.25, 0.3) is 5.56 Å². The number of benzene rings is 3. The van der Waals surface area contributed by atoms with Crippen molar-refractivity contribution in [3.63, 3.8) is 0 Å². The summed E-state index contributed by atoms with van der Waals surface area (Å²) in [5, 5.41) is 3.08. The lowest BCUT2D eigenvalue weighted by Crippen LogP contribution is -2.45. The average molecular weight is 497 g/mol. The molecule has 7 nitrogen and oxygen atoms in total. The van der Waals surface area contributed by atoms with E-state index in [4.69, 9.17) is 9.72 Å². The monoisotopic (exact) mass is 496 g/mol. The van der Waals surface area contributed by atoms with Gasteiger partial charge in [-0.1, -0.05) is 60.7 Å². The lowest BCUT2D eigenvalue weighted by atomic mass is 9.97. The van der Waals surface area contributed by atoms with E-state index >= 15 is 0 Å². The van der Waals surface area contributed by atoms with Crippen LogP contribution in [0.4, 0.5) is 5.82 Å². The SMILES string of the molecule is CCOc1ccccc1CNC(=O)C1CCCN(c2nc3ccccc3n(Cc3ccccc3)c2=O)C1. The fraction of sp³-hybridized carbons (Fsp3) is 0.300. The number of amides is 1. The maximum atomic E-state index is 13.7. The summed E-state index contributed by atoms with van der Waals surface area (Å²) < 4.78 is 7.48. The molecule has 2 heterocycles. The van der Waals surface area contributed by atoms with E-state index < -0.39 is 0 Å². The van der Waals surface area contributed by atoms with Crippen LogP contribution in [-0.4, -0.2) is 35.2 Å². The molecule has 0 aliphatic carbocycles. The van der Waals surface area contributed by atoms with Crippen LogP contribution in [0.15, 0.2) is 83.7 Å². The third kappa shape index (κ3) is 5.50. The van der Waals surface area contributed by atoms with Crippen LogP contribution >= 0.6 is 0 Å². The van der Waals surface area contributed by atoms with Gasteiger partial charge < -0.3 is 15.0 Å². The fourth-order valence-corrected chi connectivity index (χ4v) is 4.96. The number of anilines is 1. The molecule has 190 valence electrons. The zero-order valence-electron chi connectivity index (χ0n) is 21.1. The maximum absolute atomic E-state index is 13.7. The van der Waals surface area contributed by atoms with Gasteiger partial charge in [-0.25, -0.2) is 4.98 Å². The zero-order chi connectivity index (χ0) is 25.6. The van der Waals surface area contributed by atoms with Crippen LogP contribution < -0.4 is 20.5 Å². The number of nitrogens with zero attached hydrogens (tertiary/aromatic N) is 3.